The number of aliphatic carboxylic acids is 1. The molecular formula is C22H41O2-. The van der Waals surface area contributed by atoms with Crippen LogP contribution in [0.2, 0.25) is 0 Å². The van der Waals surface area contributed by atoms with E-state index >= 15 is 0 Å². The fourth-order valence-corrected chi connectivity index (χ4v) is 3.31. The lowest BCUT2D eigenvalue weighted by atomic mass is 9.94. The van der Waals surface area contributed by atoms with Gasteiger partial charge in [0.15, 0.2) is 0 Å². The Bertz CT molecular complexity index is 309. The van der Waals surface area contributed by atoms with Crippen LogP contribution in [-0.4, -0.2) is 5.97 Å². The first-order chi connectivity index (χ1) is 11.6. The molecule has 0 bridgehead atoms. The average molecular weight is 338 g/mol. The van der Waals surface area contributed by atoms with Gasteiger partial charge in [0.1, 0.15) is 0 Å². The summed E-state index contributed by atoms with van der Waals surface area (Å²) in [6, 6.07) is 0. The van der Waals surface area contributed by atoms with Crippen LogP contribution in [0.4, 0.5) is 0 Å². The summed E-state index contributed by atoms with van der Waals surface area (Å²) in [5.41, 5.74) is 0.939. The number of carbonyl (C=O) groups excluding carboxylic acids is 1. The van der Waals surface area contributed by atoms with E-state index in [2.05, 4.69) is 13.5 Å². The SMILES string of the molecule is C=C(C)CC(CCCCCCCCCCCCCCCC)C(=O)[O-]. The van der Waals surface area contributed by atoms with Crippen molar-refractivity contribution < 1.29 is 9.90 Å². The first-order valence-electron chi connectivity index (χ1n) is 10.4. The number of rotatable bonds is 18. The molecule has 142 valence electrons. The van der Waals surface area contributed by atoms with Gasteiger partial charge in [-0.15, -0.1) is 6.58 Å². The minimum Gasteiger partial charge on any atom is -0.550 e. The van der Waals surface area contributed by atoms with Gasteiger partial charge in [0.05, 0.1) is 0 Å². The lowest BCUT2D eigenvalue weighted by Gasteiger charge is -2.17. The maximum Gasteiger partial charge on any atom is 0.0448 e. The Morgan fingerprint density at radius 1 is 0.792 bits per heavy atom. The molecule has 24 heavy (non-hydrogen) atoms. The zero-order valence-electron chi connectivity index (χ0n) is 16.4. The Balaban J connectivity index is 3.30. The second-order valence-electron chi connectivity index (χ2n) is 7.56. The van der Waals surface area contributed by atoms with Crippen LogP contribution in [0.1, 0.15) is 117 Å². The maximum absolute atomic E-state index is 11.0. The van der Waals surface area contributed by atoms with E-state index in [1.807, 2.05) is 6.92 Å². The highest BCUT2D eigenvalue weighted by molar-refractivity contribution is 5.67. The lowest BCUT2D eigenvalue weighted by molar-refractivity contribution is -0.311. The van der Waals surface area contributed by atoms with Crippen LogP contribution >= 0.6 is 0 Å². The third-order valence-corrected chi connectivity index (χ3v) is 4.83. The second-order valence-corrected chi connectivity index (χ2v) is 7.56. The van der Waals surface area contributed by atoms with Crippen LogP contribution in [-0.2, 0) is 4.79 Å². The number of unbranched alkanes of at least 4 members (excludes halogenated alkanes) is 13. The van der Waals surface area contributed by atoms with E-state index in [1.165, 1.54) is 77.0 Å². The van der Waals surface area contributed by atoms with Crippen molar-refractivity contribution in [1.82, 2.24) is 0 Å². The first-order valence-corrected chi connectivity index (χ1v) is 10.4. The van der Waals surface area contributed by atoms with E-state index in [1.54, 1.807) is 0 Å². The summed E-state index contributed by atoms with van der Waals surface area (Å²) < 4.78 is 0. The molecule has 0 fully saturated rings. The minimum atomic E-state index is -0.910. The molecule has 0 aliphatic heterocycles. The number of allylic oxidation sites excluding steroid dienone is 1. The number of carboxylic acids is 1. The maximum atomic E-state index is 11.0. The van der Waals surface area contributed by atoms with Crippen molar-refractivity contribution in [2.45, 2.75) is 117 Å². The fourth-order valence-electron chi connectivity index (χ4n) is 3.31. The molecule has 0 saturated carbocycles. The van der Waals surface area contributed by atoms with Crippen LogP contribution in [0.15, 0.2) is 12.2 Å². The van der Waals surface area contributed by atoms with Gasteiger partial charge in [-0.3, -0.25) is 0 Å². The molecule has 0 spiro atoms. The van der Waals surface area contributed by atoms with Crippen molar-refractivity contribution >= 4 is 5.97 Å². The van der Waals surface area contributed by atoms with Gasteiger partial charge in [0.25, 0.3) is 0 Å². The molecule has 0 rings (SSSR count). The normalized spacial score (nSPS) is 12.2. The number of carboxylic acid groups (broad SMARTS) is 1. The highest BCUT2D eigenvalue weighted by Crippen LogP contribution is 2.18. The molecule has 0 aromatic rings. The standard InChI is InChI=1S/C22H42O2/c1-4-5-6-7-8-9-10-11-12-13-14-15-16-17-18-21(22(23)24)19-20(2)3/h21H,2,4-19H2,1,3H3,(H,23,24)/p-1. The van der Waals surface area contributed by atoms with E-state index in [9.17, 15) is 9.90 Å². The first kappa shape index (κ1) is 23.2. The summed E-state index contributed by atoms with van der Waals surface area (Å²) in [5, 5.41) is 11.0. The van der Waals surface area contributed by atoms with E-state index in [4.69, 9.17) is 0 Å². The van der Waals surface area contributed by atoms with Crippen molar-refractivity contribution in [1.29, 1.82) is 0 Å². The van der Waals surface area contributed by atoms with Gasteiger partial charge in [0.2, 0.25) is 0 Å². The predicted octanol–water partition coefficient (Wildman–Crippen LogP) is 6.19. The topological polar surface area (TPSA) is 40.1 Å². The minimum absolute atomic E-state index is 0.333. The molecule has 0 N–H and O–H groups in total. The van der Waals surface area contributed by atoms with Gasteiger partial charge in [-0.1, -0.05) is 102 Å². The molecule has 0 radical (unpaired) electrons. The Morgan fingerprint density at radius 2 is 1.17 bits per heavy atom. The highest BCUT2D eigenvalue weighted by atomic mass is 16.4. The molecule has 0 aromatic carbocycles. The third-order valence-electron chi connectivity index (χ3n) is 4.83. The molecule has 2 heteroatoms. The van der Waals surface area contributed by atoms with Crippen molar-refractivity contribution in [3.63, 3.8) is 0 Å². The molecule has 2 nitrogen and oxygen atoms in total. The average Bonchev–Trinajstić information content (AvgIpc) is 2.53. The quantitative estimate of drug-likeness (QED) is 0.221. The van der Waals surface area contributed by atoms with Gasteiger partial charge in [-0.05, 0) is 19.8 Å². The molecule has 1 unspecified atom stereocenters. The highest BCUT2D eigenvalue weighted by Gasteiger charge is 2.09. The number of hydrogen-bond donors (Lipinski definition) is 0. The van der Waals surface area contributed by atoms with Crippen LogP contribution in [0.5, 0.6) is 0 Å². The van der Waals surface area contributed by atoms with E-state index < -0.39 is 5.97 Å². The molecular weight excluding hydrogens is 296 g/mol. The molecule has 0 amide bonds. The summed E-state index contributed by atoms with van der Waals surface area (Å²) in [4.78, 5) is 11.0. The Kier molecular flexibility index (Phi) is 16.5. The summed E-state index contributed by atoms with van der Waals surface area (Å²) in [6.07, 6.45) is 19.9. The van der Waals surface area contributed by atoms with Crippen LogP contribution in [0.3, 0.4) is 0 Å². The summed E-state index contributed by atoms with van der Waals surface area (Å²) in [5.74, 6) is -1.24. The van der Waals surface area contributed by atoms with Gasteiger partial charge in [0, 0.05) is 11.9 Å². The van der Waals surface area contributed by atoms with E-state index in [0.29, 0.717) is 6.42 Å². The van der Waals surface area contributed by atoms with Crippen molar-refractivity contribution in [2.24, 2.45) is 5.92 Å². The van der Waals surface area contributed by atoms with Crippen LogP contribution < -0.4 is 5.11 Å². The number of hydrogen-bond acceptors (Lipinski definition) is 2. The van der Waals surface area contributed by atoms with Crippen molar-refractivity contribution in [3.8, 4) is 0 Å². The van der Waals surface area contributed by atoms with Crippen molar-refractivity contribution in [3.05, 3.63) is 12.2 Å². The molecule has 0 aliphatic carbocycles. The summed E-state index contributed by atoms with van der Waals surface area (Å²) >= 11 is 0. The Labute approximate surface area is 151 Å². The largest absolute Gasteiger partial charge is 0.550 e. The lowest BCUT2D eigenvalue weighted by Crippen LogP contribution is -2.31. The van der Waals surface area contributed by atoms with Crippen LogP contribution in [0.25, 0.3) is 0 Å². The fraction of sp³-hybridized carbons (Fsp3) is 0.864. The number of carbonyl (C=O) groups is 1. The van der Waals surface area contributed by atoms with Crippen LogP contribution in [0, 0.1) is 5.92 Å². The third kappa shape index (κ3) is 16.1. The zero-order valence-corrected chi connectivity index (χ0v) is 16.4. The zero-order chi connectivity index (χ0) is 18.0. The van der Waals surface area contributed by atoms with E-state index in [-0.39, 0.29) is 5.92 Å². The second kappa shape index (κ2) is 17.0. The van der Waals surface area contributed by atoms with Crippen molar-refractivity contribution in [2.75, 3.05) is 0 Å². The smallest absolute Gasteiger partial charge is 0.0448 e. The summed E-state index contributed by atoms with van der Waals surface area (Å²) in [7, 11) is 0. The summed E-state index contributed by atoms with van der Waals surface area (Å²) in [6.45, 7) is 7.96. The Hall–Kier alpha value is -0.790. The van der Waals surface area contributed by atoms with Gasteiger partial charge < -0.3 is 9.90 Å². The molecule has 1 atom stereocenters. The monoisotopic (exact) mass is 337 g/mol. The molecule has 0 heterocycles. The van der Waals surface area contributed by atoms with Gasteiger partial charge in [-0.2, -0.15) is 0 Å². The predicted molar refractivity (Wildman–Crippen MR) is 103 cm³/mol. The van der Waals surface area contributed by atoms with Gasteiger partial charge in [-0.25, -0.2) is 0 Å². The molecule has 0 aliphatic rings. The van der Waals surface area contributed by atoms with E-state index in [0.717, 1.165) is 24.8 Å². The molecule has 0 saturated heterocycles. The van der Waals surface area contributed by atoms with Gasteiger partial charge >= 0.3 is 0 Å². The molecule has 0 aromatic heterocycles. The Morgan fingerprint density at radius 3 is 1.50 bits per heavy atom.